The first kappa shape index (κ1) is 11.7. The van der Waals surface area contributed by atoms with Crippen molar-refractivity contribution in [1.29, 1.82) is 0 Å². The second-order valence-corrected chi connectivity index (χ2v) is 2.63. The summed E-state index contributed by atoms with van der Waals surface area (Å²) in [4.78, 5) is 21.6. The van der Waals surface area contributed by atoms with Gasteiger partial charge in [-0.2, -0.15) is 0 Å². The predicted molar refractivity (Wildman–Crippen MR) is 47.2 cm³/mol. The highest BCUT2D eigenvalue weighted by Gasteiger charge is 2.19. The summed E-state index contributed by atoms with van der Waals surface area (Å²) in [5, 5.41) is 8.56. The molecule has 0 heterocycles. The molecule has 0 aliphatic carbocycles. The SMILES string of the molecule is CC=C(C(=O)O)C(=O)OC(C)CC. The summed E-state index contributed by atoms with van der Waals surface area (Å²) in [6.07, 6.45) is 1.65. The third-order valence-corrected chi connectivity index (χ3v) is 1.62. The third-order valence-electron chi connectivity index (χ3n) is 1.62. The second-order valence-electron chi connectivity index (χ2n) is 2.63. The molecule has 0 bridgehead atoms. The van der Waals surface area contributed by atoms with Crippen molar-refractivity contribution in [1.82, 2.24) is 0 Å². The van der Waals surface area contributed by atoms with Gasteiger partial charge >= 0.3 is 11.9 Å². The molecule has 0 amide bonds. The van der Waals surface area contributed by atoms with Gasteiger partial charge in [-0.3, -0.25) is 0 Å². The van der Waals surface area contributed by atoms with Crippen LogP contribution in [0.4, 0.5) is 0 Å². The quantitative estimate of drug-likeness (QED) is 0.311. The summed E-state index contributed by atoms with van der Waals surface area (Å²) in [5.41, 5.74) is -0.319. The van der Waals surface area contributed by atoms with Gasteiger partial charge < -0.3 is 9.84 Å². The largest absolute Gasteiger partial charge is 0.477 e. The minimum absolute atomic E-state index is 0.248. The molecule has 13 heavy (non-hydrogen) atoms. The number of allylic oxidation sites excluding steroid dienone is 1. The molecule has 0 rings (SSSR count). The first-order chi connectivity index (χ1) is 6.02. The number of carbonyl (C=O) groups excluding carboxylic acids is 1. The van der Waals surface area contributed by atoms with Crippen molar-refractivity contribution in [3.63, 3.8) is 0 Å². The van der Waals surface area contributed by atoms with Gasteiger partial charge in [0.25, 0.3) is 0 Å². The van der Waals surface area contributed by atoms with Crippen LogP contribution in [0, 0.1) is 0 Å². The zero-order chi connectivity index (χ0) is 10.4. The topological polar surface area (TPSA) is 63.6 Å². The van der Waals surface area contributed by atoms with Crippen LogP contribution < -0.4 is 0 Å². The standard InChI is InChI=1S/C9H14O4/c1-4-6(3)13-9(12)7(5-2)8(10)11/h5-6H,4H2,1-3H3,(H,10,11). The summed E-state index contributed by atoms with van der Waals surface area (Å²) in [6.45, 7) is 5.06. The van der Waals surface area contributed by atoms with Gasteiger partial charge in [-0.1, -0.05) is 13.0 Å². The fourth-order valence-electron chi connectivity index (χ4n) is 0.658. The highest BCUT2D eigenvalue weighted by Crippen LogP contribution is 2.03. The molecule has 0 aliphatic heterocycles. The average molecular weight is 186 g/mol. The van der Waals surface area contributed by atoms with Crippen LogP contribution in [0.25, 0.3) is 0 Å². The fourth-order valence-corrected chi connectivity index (χ4v) is 0.658. The zero-order valence-corrected chi connectivity index (χ0v) is 8.03. The molecular weight excluding hydrogens is 172 g/mol. The molecule has 0 aromatic rings. The third kappa shape index (κ3) is 3.73. The van der Waals surface area contributed by atoms with E-state index in [-0.39, 0.29) is 11.7 Å². The molecule has 0 aliphatic rings. The Morgan fingerprint density at radius 2 is 2.08 bits per heavy atom. The number of hydrogen-bond acceptors (Lipinski definition) is 3. The lowest BCUT2D eigenvalue weighted by Gasteiger charge is -2.10. The van der Waals surface area contributed by atoms with Gasteiger partial charge in [0, 0.05) is 0 Å². The Balaban J connectivity index is 4.33. The number of ether oxygens (including phenoxy) is 1. The van der Waals surface area contributed by atoms with Gasteiger partial charge in [-0.05, 0) is 20.3 Å². The van der Waals surface area contributed by atoms with Crippen molar-refractivity contribution >= 4 is 11.9 Å². The van der Waals surface area contributed by atoms with Crippen molar-refractivity contribution in [2.45, 2.75) is 33.3 Å². The van der Waals surface area contributed by atoms with Crippen molar-refractivity contribution in [2.24, 2.45) is 0 Å². The van der Waals surface area contributed by atoms with Crippen LogP contribution in [0.5, 0.6) is 0 Å². The van der Waals surface area contributed by atoms with E-state index in [1.165, 1.54) is 13.0 Å². The summed E-state index contributed by atoms with van der Waals surface area (Å²) in [7, 11) is 0. The van der Waals surface area contributed by atoms with Crippen LogP contribution in [0.1, 0.15) is 27.2 Å². The summed E-state index contributed by atoms with van der Waals surface area (Å²) in [5.74, 6) is -2.03. The normalized spacial score (nSPS) is 13.6. The molecule has 1 unspecified atom stereocenters. The van der Waals surface area contributed by atoms with Crippen LogP contribution >= 0.6 is 0 Å². The maximum absolute atomic E-state index is 11.1. The molecule has 1 atom stereocenters. The van der Waals surface area contributed by atoms with Gasteiger partial charge in [0.05, 0.1) is 6.10 Å². The second kappa shape index (κ2) is 5.35. The minimum atomic E-state index is -1.25. The number of aliphatic carboxylic acids is 1. The van der Waals surface area contributed by atoms with Crippen LogP contribution in [-0.2, 0) is 14.3 Å². The lowest BCUT2D eigenvalue weighted by Crippen LogP contribution is -2.20. The van der Waals surface area contributed by atoms with E-state index < -0.39 is 11.9 Å². The van der Waals surface area contributed by atoms with Crippen LogP contribution in [0.15, 0.2) is 11.6 Å². The highest BCUT2D eigenvalue weighted by atomic mass is 16.5. The number of esters is 1. The molecule has 0 saturated heterocycles. The Labute approximate surface area is 77.2 Å². The first-order valence-electron chi connectivity index (χ1n) is 4.13. The average Bonchev–Trinajstić information content (AvgIpc) is 2.04. The smallest absolute Gasteiger partial charge is 0.345 e. The number of carbonyl (C=O) groups is 2. The van der Waals surface area contributed by atoms with Crippen molar-refractivity contribution in [3.8, 4) is 0 Å². The van der Waals surface area contributed by atoms with E-state index in [9.17, 15) is 9.59 Å². The lowest BCUT2D eigenvalue weighted by molar-refractivity contribution is -0.147. The molecule has 4 nitrogen and oxygen atoms in total. The molecule has 0 aromatic carbocycles. The monoisotopic (exact) mass is 186 g/mol. The van der Waals surface area contributed by atoms with E-state index >= 15 is 0 Å². The van der Waals surface area contributed by atoms with E-state index in [4.69, 9.17) is 9.84 Å². The Hall–Kier alpha value is -1.32. The molecule has 0 saturated carbocycles. The summed E-state index contributed by atoms with van der Waals surface area (Å²) < 4.78 is 4.83. The molecule has 0 spiro atoms. The zero-order valence-electron chi connectivity index (χ0n) is 8.03. The van der Waals surface area contributed by atoms with Gasteiger partial charge in [-0.25, -0.2) is 9.59 Å². The maximum atomic E-state index is 11.1. The minimum Gasteiger partial charge on any atom is -0.477 e. The van der Waals surface area contributed by atoms with Crippen molar-refractivity contribution < 1.29 is 19.4 Å². The Bertz CT molecular complexity index is 230. The fraction of sp³-hybridized carbons (Fsp3) is 0.556. The van der Waals surface area contributed by atoms with E-state index in [1.807, 2.05) is 6.92 Å². The molecule has 0 radical (unpaired) electrons. The summed E-state index contributed by atoms with van der Waals surface area (Å²) >= 11 is 0. The van der Waals surface area contributed by atoms with Crippen molar-refractivity contribution in [2.75, 3.05) is 0 Å². The predicted octanol–water partition coefficient (Wildman–Crippen LogP) is 1.36. The Morgan fingerprint density at radius 1 is 1.54 bits per heavy atom. The number of rotatable bonds is 4. The van der Waals surface area contributed by atoms with E-state index in [0.717, 1.165) is 0 Å². The van der Waals surface area contributed by atoms with Gasteiger partial charge in [0.1, 0.15) is 5.57 Å². The van der Waals surface area contributed by atoms with Crippen LogP contribution in [0.2, 0.25) is 0 Å². The van der Waals surface area contributed by atoms with E-state index in [0.29, 0.717) is 6.42 Å². The van der Waals surface area contributed by atoms with E-state index in [2.05, 4.69) is 0 Å². The van der Waals surface area contributed by atoms with Gasteiger partial charge in [-0.15, -0.1) is 0 Å². The Morgan fingerprint density at radius 3 is 2.38 bits per heavy atom. The van der Waals surface area contributed by atoms with Crippen LogP contribution in [0.3, 0.4) is 0 Å². The number of carboxylic acid groups (broad SMARTS) is 1. The lowest BCUT2D eigenvalue weighted by atomic mass is 10.2. The molecule has 1 N–H and O–H groups in total. The molecule has 0 aromatic heterocycles. The summed E-state index contributed by atoms with van der Waals surface area (Å²) in [6, 6.07) is 0. The maximum Gasteiger partial charge on any atom is 0.345 e. The highest BCUT2D eigenvalue weighted by molar-refractivity contribution is 6.13. The van der Waals surface area contributed by atoms with E-state index in [1.54, 1.807) is 6.92 Å². The molecule has 4 heteroatoms. The Kier molecular flexibility index (Phi) is 4.80. The van der Waals surface area contributed by atoms with Gasteiger partial charge in [0.2, 0.25) is 0 Å². The van der Waals surface area contributed by atoms with Crippen LogP contribution in [-0.4, -0.2) is 23.1 Å². The molecular formula is C9H14O4. The van der Waals surface area contributed by atoms with Crippen molar-refractivity contribution in [3.05, 3.63) is 11.6 Å². The first-order valence-corrected chi connectivity index (χ1v) is 4.13. The van der Waals surface area contributed by atoms with Gasteiger partial charge in [0.15, 0.2) is 0 Å². The molecule has 0 fully saturated rings. The molecule has 74 valence electrons. The number of hydrogen-bond donors (Lipinski definition) is 1. The number of carboxylic acids is 1.